The molecule has 0 aliphatic carbocycles. The monoisotopic (exact) mass is 425 g/mol. The molecular weight excluding hydrogens is 394 g/mol. The van der Waals surface area contributed by atoms with Gasteiger partial charge in [-0.3, -0.25) is 9.69 Å². The maximum atomic E-state index is 12.8. The van der Waals surface area contributed by atoms with E-state index in [4.69, 9.17) is 4.74 Å². The number of rotatable bonds is 7. The number of hydrogen-bond donors (Lipinski definition) is 2. The number of β-amino-alcohol motifs (C(OH)–C–C–N with tert-alkyl or cyclic N) is 1. The van der Waals surface area contributed by atoms with Gasteiger partial charge in [0.25, 0.3) is 5.91 Å². The molecule has 8 nitrogen and oxygen atoms in total. The maximum absolute atomic E-state index is 12.8. The second-order valence-electron chi connectivity index (χ2n) is 8.41. The molecule has 31 heavy (non-hydrogen) atoms. The number of ether oxygens (including phenoxy) is 1. The van der Waals surface area contributed by atoms with E-state index in [-0.39, 0.29) is 12.5 Å². The van der Waals surface area contributed by atoms with Crippen LogP contribution in [-0.4, -0.2) is 82.8 Å². The van der Waals surface area contributed by atoms with Gasteiger partial charge < -0.3 is 20.1 Å². The number of nitrogens with zero attached hydrogens (tertiary/aromatic N) is 4. The minimum atomic E-state index is -0.624. The van der Waals surface area contributed by atoms with E-state index in [0.717, 1.165) is 45.6 Å². The van der Waals surface area contributed by atoms with Crippen LogP contribution < -0.4 is 5.32 Å². The van der Waals surface area contributed by atoms with E-state index in [1.807, 2.05) is 0 Å². The fourth-order valence-corrected chi connectivity index (χ4v) is 4.26. The van der Waals surface area contributed by atoms with Crippen molar-refractivity contribution >= 4 is 11.7 Å². The number of carbonyl (C=O) groups is 1. The fraction of sp³-hybridized carbons (Fsp3) is 0.522. The molecule has 0 saturated carbocycles. The summed E-state index contributed by atoms with van der Waals surface area (Å²) < 4.78 is 5.38. The van der Waals surface area contributed by atoms with E-state index < -0.39 is 6.10 Å². The molecule has 1 aromatic carbocycles. The Morgan fingerprint density at radius 2 is 2.06 bits per heavy atom. The number of likely N-dealkylation sites (N-methyl/N-ethyl adjacent to an activating group) is 1. The molecule has 3 heterocycles. The first kappa shape index (κ1) is 21.7. The number of hydrogen-bond acceptors (Lipinski definition) is 7. The average molecular weight is 426 g/mol. The SMILES string of the molecule is CN(C[C@H](O)CN1CCc2ccccc2C1)C(=O)c1cc(NC2CCOCC2)ncn1. The maximum Gasteiger partial charge on any atom is 0.272 e. The minimum absolute atomic E-state index is 0.222. The lowest BCUT2D eigenvalue weighted by molar-refractivity contribution is 0.0564. The second-order valence-corrected chi connectivity index (χ2v) is 8.41. The zero-order chi connectivity index (χ0) is 21.6. The van der Waals surface area contributed by atoms with Gasteiger partial charge in [0, 0.05) is 58.5 Å². The van der Waals surface area contributed by atoms with E-state index in [1.54, 1.807) is 13.1 Å². The lowest BCUT2D eigenvalue weighted by Crippen LogP contribution is -2.42. The molecule has 1 atom stereocenters. The first-order valence-corrected chi connectivity index (χ1v) is 11.0. The minimum Gasteiger partial charge on any atom is -0.390 e. The van der Waals surface area contributed by atoms with Crippen LogP contribution in [0.15, 0.2) is 36.7 Å². The van der Waals surface area contributed by atoms with Crippen molar-refractivity contribution < 1.29 is 14.6 Å². The topological polar surface area (TPSA) is 90.8 Å². The van der Waals surface area contributed by atoms with Crippen molar-refractivity contribution in [1.82, 2.24) is 19.8 Å². The Labute approximate surface area is 183 Å². The molecule has 1 saturated heterocycles. The molecule has 0 unspecified atom stereocenters. The van der Waals surface area contributed by atoms with Gasteiger partial charge in [-0.25, -0.2) is 9.97 Å². The molecule has 0 spiro atoms. The summed E-state index contributed by atoms with van der Waals surface area (Å²) in [6.07, 6.45) is 3.60. The van der Waals surface area contributed by atoms with Crippen LogP contribution in [0.2, 0.25) is 0 Å². The highest BCUT2D eigenvalue weighted by atomic mass is 16.5. The lowest BCUT2D eigenvalue weighted by Gasteiger charge is -2.31. The Balaban J connectivity index is 1.29. The molecule has 0 radical (unpaired) electrons. The van der Waals surface area contributed by atoms with Gasteiger partial charge in [0.1, 0.15) is 17.8 Å². The molecule has 1 aromatic heterocycles. The summed E-state index contributed by atoms with van der Waals surface area (Å²) in [6, 6.07) is 10.4. The van der Waals surface area contributed by atoms with Crippen LogP contribution in [-0.2, 0) is 17.7 Å². The number of nitrogens with one attached hydrogen (secondary N) is 1. The number of amides is 1. The van der Waals surface area contributed by atoms with Gasteiger partial charge >= 0.3 is 0 Å². The van der Waals surface area contributed by atoms with E-state index in [0.29, 0.717) is 24.1 Å². The van der Waals surface area contributed by atoms with Crippen LogP contribution in [0.5, 0.6) is 0 Å². The van der Waals surface area contributed by atoms with Gasteiger partial charge in [-0.05, 0) is 30.4 Å². The van der Waals surface area contributed by atoms with Crippen LogP contribution in [0.3, 0.4) is 0 Å². The molecule has 2 N–H and O–H groups in total. The quantitative estimate of drug-likeness (QED) is 0.696. The van der Waals surface area contributed by atoms with Crippen LogP contribution in [0.1, 0.15) is 34.5 Å². The third kappa shape index (κ3) is 5.78. The largest absolute Gasteiger partial charge is 0.390 e. The number of anilines is 1. The first-order valence-electron chi connectivity index (χ1n) is 11.0. The van der Waals surface area contributed by atoms with E-state index in [1.165, 1.54) is 22.4 Å². The predicted molar refractivity (Wildman–Crippen MR) is 118 cm³/mol. The molecule has 0 bridgehead atoms. The van der Waals surface area contributed by atoms with Crippen LogP contribution in [0.4, 0.5) is 5.82 Å². The number of benzene rings is 1. The van der Waals surface area contributed by atoms with Gasteiger partial charge in [0.15, 0.2) is 0 Å². The van der Waals surface area contributed by atoms with Crippen molar-refractivity contribution in [2.45, 2.75) is 38.0 Å². The number of aromatic nitrogens is 2. The van der Waals surface area contributed by atoms with Gasteiger partial charge in [-0.15, -0.1) is 0 Å². The molecular formula is C23H31N5O3. The van der Waals surface area contributed by atoms with Crippen molar-refractivity contribution in [3.63, 3.8) is 0 Å². The van der Waals surface area contributed by atoms with E-state index in [2.05, 4.69) is 44.5 Å². The average Bonchev–Trinajstić information content (AvgIpc) is 2.79. The standard InChI is InChI=1S/C23H31N5O3/c1-27(14-20(29)15-28-9-6-17-4-2-3-5-18(17)13-28)23(30)21-12-22(25-16-24-21)26-19-7-10-31-11-8-19/h2-5,12,16,19-20,29H,6-11,13-15H2,1H3,(H,24,25,26)/t20-/m0/s1. The van der Waals surface area contributed by atoms with E-state index in [9.17, 15) is 9.90 Å². The van der Waals surface area contributed by atoms with Crippen molar-refractivity contribution in [1.29, 1.82) is 0 Å². The normalized spacial score (nSPS) is 18.3. The zero-order valence-corrected chi connectivity index (χ0v) is 18.0. The highest BCUT2D eigenvalue weighted by Gasteiger charge is 2.22. The summed E-state index contributed by atoms with van der Waals surface area (Å²) >= 11 is 0. The number of carbonyl (C=O) groups excluding carboxylic acids is 1. The van der Waals surface area contributed by atoms with Crippen molar-refractivity contribution in [2.75, 3.05) is 45.2 Å². The van der Waals surface area contributed by atoms with Crippen LogP contribution in [0, 0.1) is 0 Å². The predicted octanol–water partition coefficient (Wildman–Crippen LogP) is 1.56. The highest BCUT2D eigenvalue weighted by molar-refractivity contribution is 5.92. The molecule has 2 aromatic rings. The van der Waals surface area contributed by atoms with Gasteiger partial charge in [0.2, 0.25) is 0 Å². The smallest absolute Gasteiger partial charge is 0.272 e. The fourth-order valence-electron chi connectivity index (χ4n) is 4.26. The Hall–Kier alpha value is -2.55. The molecule has 166 valence electrons. The first-order chi connectivity index (χ1) is 15.1. The molecule has 1 amide bonds. The molecule has 1 fully saturated rings. The zero-order valence-electron chi connectivity index (χ0n) is 18.0. The number of aliphatic hydroxyl groups is 1. The van der Waals surface area contributed by atoms with Gasteiger partial charge in [0.05, 0.1) is 6.10 Å². The summed E-state index contributed by atoms with van der Waals surface area (Å²) in [5, 5.41) is 14.0. The Morgan fingerprint density at radius 1 is 1.29 bits per heavy atom. The highest BCUT2D eigenvalue weighted by Crippen LogP contribution is 2.19. The van der Waals surface area contributed by atoms with Gasteiger partial charge in [-0.2, -0.15) is 0 Å². The van der Waals surface area contributed by atoms with Crippen LogP contribution >= 0.6 is 0 Å². The van der Waals surface area contributed by atoms with Crippen molar-refractivity contribution in [3.8, 4) is 0 Å². The summed E-state index contributed by atoms with van der Waals surface area (Å²) in [5.74, 6) is 0.423. The summed E-state index contributed by atoms with van der Waals surface area (Å²) in [6.45, 7) is 4.00. The number of aliphatic hydroxyl groups excluding tert-OH is 1. The summed E-state index contributed by atoms with van der Waals surface area (Å²) in [5.41, 5.74) is 3.02. The Kier molecular flexibility index (Phi) is 7.11. The summed E-state index contributed by atoms with van der Waals surface area (Å²) in [4.78, 5) is 25.0. The summed E-state index contributed by atoms with van der Waals surface area (Å²) in [7, 11) is 1.70. The Bertz CT molecular complexity index is 887. The second kappa shape index (κ2) is 10.2. The van der Waals surface area contributed by atoms with Crippen LogP contribution in [0.25, 0.3) is 0 Å². The molecule has 2 aliphatic heterocycles. The third-order valence-electron chi connectivity index (χ3n) is 5.97. The lowest BCUT2D eigenvalue weighted by atomic mass is 10.00. The Morgan fingerprint density at radius 3 is 2.87 bits per heavy atom. The van der Waals surface area contributed by atoms with Crippen molar-refractivity contribution in [2.24, 2.45) is 0 Å². The third-order valence-corrected chi connectivity index (χ3v) is 5.97. The molecule has 8 heteroatoms. The molecule has 4 rings (SSSR count). The number of fused-ring (bicyclic) bond motifs is 1. The van der Waals surface area contributed by atoms with Crippen molar-refractivity contribution in [3.05, 3.63) is 53.5 Å². The van der Waals surface area contributed by atoms with Gasteiger partial charge in [-0.1, -0.05) is 24.3 Å². The molecule has 2 aliphatic rings. The van der Waals surface area contributed by atoms with E-state index >= 15 is 0 Å².